The maximum absolute atomic E-state index is 5.03. The Kier molecular flexibility index (Phi) is 6.61. The van der Waals surface area contributed by atoms with Crippen LogP contribution < -0.4 is 10.6 Å². The molecule has 2 N–H and O–H groups in total. The van der Waals surface area contributed by atoms with E-state index in [0.717, 1.165) is 26.1 Å². The van der Waals surface area contributed by atoms with Crippen molar-refractivity contribution in [2.75, 3.05) is 32.1 Å². The summed E-state index contributed by atoms with van der Waals surface area (Å²) in [5.41, 5.74) is 1.17. The first kappa shape index (κ1) is 13.0. The molecular weight excluding hydrogens is 200 g/mol. The number of hydrogen-bond acceptors (Lipinski definition) is 3. The Morgan fingerprint density at radius 2 is 1.94 bits per heavy atom. The highest BCUT2D eigenvalue weighted by Crippen LogP contribution is 2.03. The van der Waals surface area contributed by atoms with Crippen LogP contribution in [0.3, 0.4) is 0 Å². The summed E-state index contributed by atoms with van der Waals surface area (Å²) in [6.45, 7) is 4.92. The minimum absolute atomic E-state index is 0.512. The lowest BCUT2D eigenvalue weighted by Gasteiger charge is -2.13. The van der Waals surface area contributed by atoms with Gasteiger partial charge in [-0.3, -0.25) is 0 Å². The van der Waals surface area contributed by atoms with Crippen LogP contribution in [0.4, 0.5) is 5.69 Å². The molecule has 0 saturated carbocycles. The molecule has 16 heavy (non-hydrogen) atoms. The summed E-state index contributed by atoms with van der Waals surface area (Å²) in [6, 6.07) is 10.8. The van der Waals surface area contributed by atoms with Gasteiger partial charge in [0.1, 0.15) is 0 Å². The van der Waals surface area contributed by atoms with Gasteiger partial charge in [-0.25, -0.2) is 0 Å². The van der Waals surface area contributed by atoms with Gasteiger partial charge in [0, 0.05) is 38.5 Å². The third-order valence-electron chi connectivity index (χ3n) is 2.48. The molecule has 0 spiro atoms. The van der Waals surface area contributed by atoms with Crippen LogP contribution in [0, 0.1) is 0 Å². The molecule has 0 amide bonds. The van der Waals surface area contributed by atoms with Crippen molar-refractivity contribution < 1.29 is 4.74 Å². The van der Waals surface area contributed by atoms with E-state index in [1.807, 2.05) is 18.2 Å². The average molecular weight is 222 g/mol. The first-order valence-corrected chi connectivity index (χ1v) is 5.84. The molecule has 0 heterocycles. The zero-order valence-corrected chi connectivity index (χ0v) is 10.2. The van der Waals surface area contributed by atoms with Gasteiger partial charge in [-0.1, -0.05) is 18.2 Å². The van der Waals surface area contributed by atoms with Crippen LogP contribution in [0.1, 0.15) is 13.3 Å². The van der Waals surface area contributed by atoms with E-state index in [1.165, 1.54) is 5.69 Å². The predicted molar refractivity (Wildman–Crippen MR) is 68.9 cm³/mol. The highest BCUT2D eigenvalue weighted by atomic mass is 16.5. The minimum atomic E-state index is 0.512. The smallest absolute Gasteiger partial charge is 0.0476 e. The molecule has 90 valence electrons. The molecule has 0 radical (unpaired) electrons. The molecule has 0 bridgehead atoms. The fourth-order valence-electron chi connectivity index (χ4n) is 1.48. The number of ether oxygens (including phenoxy) is 1. The molecular formula is C13H22N2O. The van der Waals surface area contributed by atoms with E-state index in [0.29, 0.717) is 6.04 Å². The standard InChI is InChI=1S/C13H22N2O/c1-12(8-11-16-2)14-9-10-15-13-6-4-3-5-7-13/h3-7,12,14-15H,8-11H2,1-2H3. The van der Waals surface area contributed by atoms with Crippen LogP contribution in [-0.4, -0.2) is 32.8 Å². The molecule has 0 aromatic heterocycles. The number of rotatable bonds is 8. The maximum atomic E-state index is 5.03. The second-order valence-electron chi connectivity index (χ2n) is 3.93. The van der Waals surface area contributed by atoms with E-state index >= 15 is 0 Å². The summed E-state index contributed by atoms with van der Waals surface area (Å²) < 4.78 is 5.03. The fraction of sp³-hybridized carbons (Fsp3) is 0.538. The van der Waals surface area contributed by atoms with Gasteiger partial charge in [-0.05, 0) is 25.5 Å². The summed E-state index contributed by atoms with van der Waals surface area (Å²) in [7, 11) is 1.74. The van der Waals surface area contributed by atoms with Crippen molar-refractivity contribution in [3.8, 4) is 0 Å². The quantitative estimate of drug-likeness (QED) is 0.661. The van der Waals surface area contributed by atoms with E-state index < -0.39 is 0 Å². The van der Waals surface area contributed by atoms with Gasteiger partial charge >= 0.3 is 0 Å². The Bertz CT molecular complexity index is 264. The van der Waals surface area contributed by atoms with Crippen LogP contribution in [0.15, 0.2) is 30.3 Å². The van der Waals surface area contributed by atoms with E-state index in [2.05, 4.69) is 29.7 Å². The number of para-hydroxylation sites is 1. The van der Waals surface area contributed by atoms with Crippen molar-refractivity contribution in [1.29, 1.82) is 0 Å². The van der Waals surface area contributed by atoms with Crippen molar-refractivity contribution >= 4 is 5.69 Å². The Morgan fingerprint density at radius 1 is 1.19 bits per heavy atom. The molecule has 1 aromatic rings. The molecule has 3 nitrogen and oxygen atoms in total. The van der Waals surface area contributed by atoms with Gasteiger partial charge in [0.05, 0.1) is 0 Å². The molecule has 1 aromatic carbocycles. The maximum Gasteiger partial charge on any atom is 0.0476 e. The zero-order valence-electron chi connectivity index (χ0n) is 10.2. The number of benzene rings is 1. The number of anilines is 1. The number of hydrogen-bond donors (Lipinski definition) is 2. The van der Waals surface area contributed by atoms with E-state index in [4.69, 9.17) is 4.74 Å². The third-order valence-corrected chi connectivity index (χ3v) is 2.48. The van der Waals surface area contributed by atoms with Gasteiger partial charge in [0.25, 0.3) is 0 Å². The van der Waals surface area contributed by atoms with Crippen molar-refractivity contribution in [3.05, 3.63) is 30.3 Å². The molecule has 0 saturated heterocycles. The Hall–Kier alpha value is -1.06. The predicted octanol–water partition coefficient (Wildman–Crippen LogP) is 2.11. The SMILES string of the molecule is COCCC(C)NCCNc1ccccc1. The third kappa shape index (κ3) is 5.73. The van der Waals surface area contributed by atoms with Gasteiger partial charge in [-0.15, -0.1) is 0 Å². The van der Waals surface area contributed by atoms with Gasteiger partial charge < -0.3 is 15.4 Å². The van der Waals surface area contributed by atoms with Crippen molar-refractivity contribution in [3.63, 3.8) is 0 Å². The Morgan fingerprint density at radius 3 is 2.62 bits per heavy atom. The minimum Gasteiger partial charge on any atom is -0.385 e. The first-order chi connectivity index (χ1) is 7.83. The van der Waals surface area contributed by atoms with Gasteiger partial charge in [-0.2, -0.15) is 0 Å². The first-order valence-electron chi connectivity index (χ1n) is 5.84. The molecule has 0 aliphatic carbocycles. The lowest BCUT2D eigenvalue weighted by molar-refractivity contribution is 0.185. The molecule has 1 rings (SSSR count). The Labute approximate surface area is 98.2 Å². The lowest BCUT2D eigenvalue weighted by atomic mass is 10.2. The average Bonchev–Trinajstić information content (AvgIpc) is 2.33. The van der Waals surface area contributed by atoms with Crippen LogP contribution in [0.25, 0.3) is 0 Å². The molecule has 0 aliphatic heterocycles. The summed E-state index contributed by atoms with van der Waals surface area (Å²) in [4.78, 5) is 0. The zero-order chi connectivity index (χ0) is 11.6. The fourth-order valence-corrected chi connectivity index (χ4v) is 1.48. The highest BCUT2D eigenvalue weighted by Gasteiger charge is 1.99. The molecule has 0 fully saturated rings. The van der Waals surface area contributed by atoms with Crippen molar-refractivity contribution in [1.82, 2.24) is 5.32 Å². The number of nitrogens with one attached hydrogen (secondary N) is 2. The van der Waals surface area contributed by atoms with E-state index in [1.54, 1.807) is 7.11 Å². The van der Waals surface area contributed by atoms with Crippen LogP contribution in [-0.2, 0) is 4.74 Å². The van der Waals surface area contributed by atoms with Crippen molar-refractivity contribution in [2.24, 2.45) is 0 Å². The van der Waals surface area contributed by atoms with Crippen LogP contribution in [0.2, 0.25) is 0 Å². The summed E-state index contributed by atoms with van der Waals surface area (Å²) >= 11 is 0. The topological polar surface area (TPSA) is 33.3 Å². The molecule has 0 aliphatic rings. The molecule has 1 atom stereocenters. The normalized spacial score (nSPS) is 12.4. The van der Waals surface area contributed by atoms with Gasteiger partial charge in [0.15, 0.2) is 0 Å². The van der Waals surface area contributed by atoms with Crippen molar-refractivity contribution in [2.45, 2.75) is 19.4 Å². The van der Waals surface area contributed by atoms with E-state index in [9.17, 15) is 0 Å². The number of methoxy groups -OCH3 is 1. The van der Waals surface area contributed by atoms with Crippen LogP contribution >= 0.6 is 0 Å². The van der Waals surface area contributed by atoms with E-state index in [-0.39, 0.29) is 0 Å². The molecule has 1 unspecified atom stereocenters. The Balaban J connectivity index is 2.03. The second-order valence-corrected chi connectivity index (χ2v) is 3.93. The largest absolute Gasteiger partial charge is 0.385 e. The highest BCUT2D eigenvalue weighted by molar-refractivity contribution is 5.42. The molecule has 3 heteroatoms. The monoisotopic (exact) mass is 222 g/mol. The lowest BCUT2D eigenvalue weighted by Crippen LogP contribution is -2.31. The summed E-state index contributed by atoms with van der Waals surface area (Å²) in [6.07, 6.45) is 1.06. The summed E-state index contributed by atoms with van der Waals surface area (Å²) in [5, 5.41) is 6.81. The summed E-state index contributed by atoms with van der Waals surface area (Å²) in [5.74, 6) is 0. The van der Waals surface area contributed by atoms with Crippen LogP contribution in [0.5, 0.6) is 0 Å². The second kappa shape index (κ2) is 8.13. The van der Waals surface area contributed by atoms with Gasteiger partial charge in [0.2, 0.25) is 0 Å².